The number of rotatable bonds is 5. The fourth-order valence-electron chi connectivity index (χ4n) is 3.22. The van der Waals surface area contributed by atoms with Crippen molar-refractivity contribution in [1.29, 1.82) is 0 Å². The zero-order chi connectivity index (χ0) is 14.6. The first-order valence-corrected chi connectivity index (χ1v) is 8.99. The maximum atomic E-state index is 6.14. The van der Waals surface area contributed by atoms with Crippen LogP contribution >= 0.6 is 22.9 Å². The van der Waals surface area contributed by atoms with Crippen molar-refractivity contribution in [1.82, 2.24) is 10.2 Å². The van der Waals surface area contributed by atoms with Crippen molar-refractivity contribution in [3.05, 3.63) is 21.3 Å². The van der Waals surface area contributed by atoms with Crippen LogP contribution in [0.25, 0.3) is 0 Å². The molecule has 2 nitrogen and oxygen atoms in total. The lowest BCUT2D eigenvalue weighted by molar-refractivity contribution is 0.0853. The van der Waals surface area contributed by atoms with Crippen LogP contribution in [0.5, 0.6) is 0 Å². The van der Waals surface area contributed by atoms with E-state index in [4.69, 9.17) is 11.6 Å². The van der Waals surface area contributed by atoms with Crippen LogP contribution in [0.15, 0.2) is 12.1 Å². The zero-order valence-corrected chi connectivity index (χ0v) is 14.5. The maximum absolute atomic E-state index is 6.14. The zero-order valence-electron chi connectivity index (χ0n) is 12.9. The molecule has 1 saturated heterocycles. The van der Waals surface area contributed by atoms with Crippen LogP contribution in [0.2, 0.25) is 4.34 Å². The lowest BCUT2D eigenvalue weighted by atomic mass is 9.90. The van der Waals surface area contributed by atoms with E-state index in [9.17, 15) is 0 Å². The Hall–Kier alpha value is -0.0900. The summed E-state index contributed by atoms with van der Waals surface area (Å²) in [5, 5.41) is 3.68. The third kappa shape index (κ3) is 3.76. The quantitative estimate of drug-likeness (QED) is 0.847. The van der Waals surface area contributed by atoms with E-state index >= 15 is 0 Å². The second kappa shape index (κ2) is 7.26. The van der Waals surface area contributed by atoms with Gasteiger partial charge in [0.1, 0.15) is 0 Å². The summed E-state index contributed by atoms with van der Waals surface area (Å²) < 4.78 is 0.884. The van der Waals surface area contributed by atoms with Crippen LogP contribution in [0.1, 0.15) is 57.4 Å². The Kier molecular flexibility index (Phi) is 5.91. The molecule has 0 aliphatic carbocycles. The van der Waals surface area contributed by atoms with Gasteiger partial charge in [0.2, 0.25) is 0 Å². The van der Waals surface area contributed by atoms with Crippen molar-refractivity contribution in [2.24, 2.45) is 0 Å². The Labute approximate surface area is 132 Å². The number of likely N-dealkylation sites (N-methyl/N-ethyl adjacent to an activating group) is 1. The molecule has 0 spiro atoms. The third-order valence-corrected chi connectivity index (χ3v) is 5.71. The third-order valence-electron chi connectivity index (χ3n) is 4.41. The molecule has 4 heteroatoms. The number of likely N-dealkylation sites (tertiary alicyclic amines) is 1. The first-order chi connectivity index (χ1) is 9.55. The summed E-state index contributed by atoms with van der Waals surface area (Å²) in [6.45, 7) is 10.3. The Bertz CT molecular complexity index is 408. The number of thiophene rings is 1. The van der Waals surface area contributed by atoms with Gasteiger partial charge in [-0.15, -0.1) is 11.3 Å². The molecule has 2 heterocycles. The molecule has 0 saturated carbocycles. The van der Waals surface area contributed by atoms with Crippen molar-refractivity contribution < 1.29 is 0 Å². The van der Waals surface area contributed by atoms with E-state index in [1.807, 2.05) is 6.07 Å². The molecular weight excluding hydrogens is 288 g/mol. The summed E-state index contributed by atoms with van der Waals surface area (Å²) >= 11 is 7.85. The highest BCUT2D eigenvalue weighted by molar-refractivity contribution is 7.16. The second-order valence-electron chi connectivity index (χ2n) is 6.19. The van der Waals surface area contributed by atoms with Crippen molar-refractivity contribution >= 4 is 22.9 Å². The Balaban J connectivity index is 2.21. The topological polar surface area (TPSA) is 15.3 Å². The van der Waals surface area contributed by atoms with Crippen LogP contribution in [0, 0.1) is 0 Å². The molecule has 1 aromatic rings. The molecule has 114 valence electrons. The monoisotopic (exact) mass is 314 g/mol. The average molecular weight is 315 g/mol. The van der Waals surface area contributed by atoms with Gasteiger partial charge < -0.3 is 5.32 Å². The Morgan fingerprint density at radius 3 is 2.40 bits per heavy atom. The molecule has 1 aliphatic heterocycles. The molecule has 0 bridgehead atoms. The lowest BCUT2D eigenvalue weighted by Crippen LogP contribution is -2.52. The van der Waals surface area contributed by atoms with Crippen LogP contribution in [-0.4, -0.2) is 30.1 Å². The molecule has 0 aromatic carbocycles. The first-order valence-electron chi connectivity index (χ1n) is 7.79. The minimum Gasteiger partial charge on any atom is -0.308 e. The standard InChI is InChI=1S/C16H27ClN2S/c1-4-18-15(13-9-10-14(17)20-13)16(2,3)19-11-7-5-6-8-12-19/h9-10,15,18H,4-8,11-12H2,1-3H3. The Morgan fingerprint density at radius 2 is 1.90 bits per heavy atom. The van der Waals surface area contributed by atoms with E-state index in [-0.39, 0.29) is 5.54 Å². The van der Waals surface area contributed by atoms with Gasteiger partial charge in [0.15, 0.2) is 0 Å². The summed E-state index contributed by atoms with van der Waals surface area (Å²) in [7, 11) is 0. The highest BCUT2D eigenvalue weighted by atomic mass is 35.5. The molecule has 1 fully saturated rings. The second-order valence-corrected chi connectivity index (χ2v) is 7.93. The van der Waals surface area contributed by atoms with E-state index < -0.39 is 0 Å². The SMILES string of the molecule is CCNC(c1ccc(Cl)s1)C(C)(C)N1CCCCCC1. The number of nitrogens with zero attached hydrogens (tertiary/aromatic N) is 1. The van der Waals surface area contributed by atoms with Gasteiger partial charge in [0.05, 0.1) is 10.4 Å². The summed E-state index contributed by atoms with van der Waals surface area (Å²) in [5.74, 6) is 0. The number of nitrogens with one attached hydrogen (secondary N) is 1. The number of halogens is 1. The van der Waals surface area contributed by atoms with Gasteiger partial charge in [-0.2, -0.15) is 0 Å². The van der Waals surface area contributed by atoms with Gasteiger partial charge in [0, 0.05) is 10.4 Å². The molecule has 0 radical (unpaired) electrons. The largest absolute Gasteiger partial charge is 0.308 e. The minimum absolute atomic E-state index is 0.120. The molecule has 1 unspecified atom stereocenters. The number of hydrogen-bond donors (Lipinski definition) is 1. The molecular formula is C16H27ClN2S. The molecule has 2 rings (SSSR count). The summed E-state index contributed by atoms with van der Waals surface area (Å²) in [6, 6.07) is 4.55. The van der Waals surface area contributed by atoms with Crippen molar-refractivity contribution in [3.8, 4) is 0 Å². The molecule has 1 aromatic heterocycles. The van der Waals surface area contributed by atoms with E-state index in [1.54, 1.807) is 11.3 Å². The van der Waals surface area contributed by atoms with E-state index in [0.29, 0.717) is 6.04 Å². The van der Waals surface area contributed by atoms with Gasteiger partial charge in [-0.05, 0) is 58.5 Å². The Morgan fingerprint density at radius 1 is 1.25 bits per heavy atom. The number of hydrogen-bond acceptors (Lipinski definition) is 3. The fraction of sp³-hybridized carbons (Fsp3) is 0.750. The normalized spacial score (nSPS) is 19.8. The van der Waals surface area contributed by atoms with Crippen molar-refractivity contribution in [2.75, 3.05) is 19.6 Å². The summed E-state index contributed by atoms with van der Waals surface area (Å²) in [6.07, 6.45) is 5.41. The van der Waals surface area contributed by atoms with E-state index in [2.05, 4.69) is 37.1 Å². The average Bonchev–Trinajstić information content (AvgIpc) is 2.68. The molecule has 0 amide bonds. The van der Waals surface area contributed by atoms with E-state index in [0.717, 1.165) is 10.9 Å². The molecule has 1 aliphatic rings. The van der Waals surface area contributed by atoms with Crippen LogP contribution in [0.3, 0.4) is 0 Å². The van der Waals surface area contributed by atoms with Gasteiger partial charge in [-0.3, -0.25) is 4.90 Å². The van der Waals surface area contributed by atoms with Gasteiger partial charge in [0.25, 0.3) is 0 Å². The predicted octanol–water partition coefficient (Wildman–Crippen LogP) is 4.71. The van der Waals surface area contributed by atoms with Crippen molar-refractivity contribution in [3.63, 3.8) is 0 Å². The van der Waals surface area contributed by atoms with E-state index in [1.165, 1.54) is 43.6 Å². The van der Waals surface area contributed by atoms with Gasteiger partial charge >= 0.3 is 0 Å². The smallest absolute Gasteiger partial charge is 0.0931 e. The van der Waals surface area contributed by atoms with Crippen LogP contribution < -0.4 is 5.32 Å². The van der Waals surface area contributed by atoms with Crippen molar-refractivity contribution in [2.45, 2.75) is 58.0 Å². The molecule has 20 heavy (non-hydrogen) atoms. The maximum Gasteiger partial charge on any atom is 0.0931 e. The molecule has 1 N–H and O–H groups in total. The summed E-state index contributed by atoms with van der Waals surface area (Å²) in [4.78, 5) is 4.02. The molecule has 1 atom stereocenters. The minimum atomic E-state index is 0.120. The highest BCUT2D eigenvalue weighted by Gasteiger charge is 2.36. The first kappa shape index (κ1) is 16.3. The highest BCUT2D eigenvalue weighted by Crippen LogP contribution is 2.37. The van der Waals surface area contributed by atoms with Gasteiger partial charge in [-0.25, -0.2) is 0 Å². The fourth-order valence-corrected chi connectivity index (χ4v) is 4.53. The van der Waals surface area contributed by atoms with Gasteiger partial charge in [-0.1, -0.05) is 31.4 Å². The van der Waals surface area contributed by atoms with Crippen LogP contribution in [0.4, 0.5) is 0 Å². The summed E-state index contributed by atoms with van der Waals surface area (Å²) in [5.41, 5.74) is 0.120. The predicted molar refractivity (Wildman–Crippen MR) is 89.9 cm³/mol. The lowest BCUT2D eigenvalue weighted by Gasteiger charge is -2.44. The van der Waals surface area contributed by atoms with Crippen LogP contribution in [-0.2, 0) is 0 Å².